The number of benzene rings is 1. The molecule has 1 aromatic heterocycles. The molecule has 28 heavy (non-hydrogen) atoms. The Labute approximate surface area is 170 Å². The summed E-state index contributed by atoms with van der Waals surface area (Å²) in [6.45, 7) is 2.05. The molecule has 5 nitrogen and oxygen atoms in total. The highest BCUT2D eigenvalue weighted by atomic mass is 35.5. The van der Waals surface area contributed by atoms with E-state index in [1.807, 2.05) is 27.2 Å². The molecule has 1 heterocycles. The first-order chi connectivity index (χ1) is 13.3. The fourth-order valence-electron chi connectivity index (χ4n) is 3.57. The largest absolute Gasteiger partial charge is 0.377 e. The van der Waals surface area contributed by atoms with Crippen molar-refractivity contribution < 1.29 is 9.18 Å². The van der Waals surface area contributed by atoms with Crippen LogP contribution in [0.25, 0.3) is 0 Å². The Balaban J connectivity index is 1.52. The lowest BCUT2D eigenvalue weighted by Crippen LogP contribution is -2.40. The zero-order valence-corrected chi connectivity index (χ0v) is 17.2. The van der Waals surface area contributed by atoms with Gasteiger partial charge in [0.25, 0.3) is 5.91 Å². The van der Waals surface area contributed by atoms with Gasteiger partial charge in [0.15, 0.2) is 0 Å². The second kappa shape index (κ2) is 8.78. The summed E-state index contributed by atoms with van der Waals surface area (Å²) in [6.07, 6.45) is 5.54. The topological polar surface area (TPSA) is 57.3 Å². The predicted octanol–water partition coefficient (Wildman–Crippen LogP) is 4.40. The van der Waals surface area contributed by atoms with Crippen molar-refractivity contribution in [2.24, 2.45) is 0 Å². The maximum absolute atomic E-state index is 13.3. The molecule has 1 aliphatic carbocycles. The van der Waals surface area contributed by atoms with Crippen LogP contribution in [0, 0.1) is 12.7 Å². The summed E-state index contributed by atoms with van der Waals surface area (Å²) in [5.74, 6) is 0.142. The maximum atomic E-state index is 13.3. The predicted molar refractivity (Wildman–Crippen MR) is 112 cm³/mol. The normalized spacial score (nSPS) is 19.2. The van der Waals surface area contributed by atoms with E-state index >= 15 is 0 Å². The van der Waals surface area contributed by atoms with Crippen molar-refractivity contribution in [2.75, 3.05) is 24.3 Å². The van der Waals surface area contributed by atoms with Crippen molar-refractivity contribution >= 4 is 29.0 Å². The summed E-state index contributed by atoms with van der Waals surface area (Å²) >= 11 is 5.76. The van der Waals surface area contributed by atoms with E-state index in [9.17, 15) is 9.18 Å². The van der Waals surface area contributed by atoms with Crippen molar-refractivity contribution in [3.63, 3.8) is 0 Å². The number of carbonyl (C=O) groups excluding carboxylic acids is 1. The lowest BCUT2D eigenvalue weighted by atomic mass is 9.91. The molecule has 3 rings (SSSR count). The number of aryl methyl sites for hydroxylation is 1. The van der Waals surface area contributed by atoms with Crippen LogP contribution in [-0.2, 0) is 0 Å². The van der Waals surface area contributed by atoms with Gasteiger partial charge in [0, 0.05) is 49.7 Å². The second-order valence-electron chi connectivity index (χ2n) is 7.55. The maximum Gasteiger partial charge on any atom is 0.251 e. The monoisotopic (exact) mass is 404 g/mol. The highest BCUT2D eigenvalue weighted by Crippen LogP contribution is 2.25. The van der Waals surface area contributed by atoms with Crippen LogP contribution in [-0.4, -0.2) is 37.1 Å². The van der Waals surface area contributed by atoms with Gasteiger partial charge in [-0.25, -0.2) is 9.37 Å². The number of rotatable bonds is 5. The van der Waals surface area contributed by atoms with Gasteiger partial charge >= 0.3 is 0 Å². The summed E-state index contributed by atoms with van der Waals surface area (Å²) in [4.78, 5) is 18.9. The summed E-state index contributed by atoms with van der Waals surface area (Å²) in [5.41, 5.74) is 2.67. The number of nitrogens with zero attached hydrogens (tertiary/aromatic N) is 2. The number of nitrogens with one attached hydrogen (secondary N) is 2. The smallest absolute Gasteiger partial charge is 0.251 e. The summed E-state index contributed by atoms with van der Waals surface area (Å²) < 4.78 is 13.3. The minimum absolute atomic E-state index is 0.0387. The van der Waals surface area contributed by atoms with E-state index in [4.69, 9.17) is 11.6 Å². The summed E-state index contributed by atoms with van der Waals surface area (Å²) in [6, 6.07) is 6.55. The number of amides is 1. The van der Waals surface area contributed by atoms with E-state index < -0.39 is 5.82 Å². The van der Waals surface area contributed by atoms with Crippen molar-refractivity contribution in [1.82, 2.24) is 10.3 Å². The quantitative estimate of drug-likeness (QED) is 0.775. The molecule has 7 heteroatoms. The van der Waals surface area contributed by atoms with Crippen LogP contribution in [0.2, 0.25) is 5.02 Å². The number of hydrogen-bond donors (Lipinski definition) is 2. The molecule has 1 aliphatic rings. The molecule has 1 fully saturated rings. The van der Waals surface area contributed by atoms with Gasteiger partial charge in [0.1, 0.15) is 11.6 Å². The Morgan fingerprint density at radius 3 is 2.50 bits per heavy atom. The molecule has 0 saturated heterocycles. The Bertz CT molecular complexity index is 850. The van der Waals surface area contributed by atoms with E-state index in [2.05, 4.69) is 26.6 Å². The van der Waals surface area contributed by atoms with Gasteiger partial charge in [0.2, 0.25) is 0 Å². The number of pyridine rings is 1. The average molecular weight is 405 g/mol. The lowest BCUT2D eigenvalue weighted by Gasteiger charge is -2.30. The third kappa shape index (κ3) is 4.93. The molecule has 1 saturated carbocycles. The minimum atomic E-state index is -0.521. The van der Waals surface area contributed by atoms with Crippen LogP contribution in [0.1, 0.15) is 41.6 Å². The van der Waals surface area contributed by atoms with Crippen LogP contribution >= 0.6 is 11.6 Å². The van der Waals surface area contributed by atoms with E-state index in [1.54, 1.807) is 0 Å². The number of aromatic nitrogens is 1. The van der Waals surface area contributed by atoms with Crippen molar-refractivity contribution in [1.29, 1.82) is 0 Å². The molecule has 150 valence electrons. The average Bonchev–Trinajstić information content (AvgIpc) is 2.66. The first-order valence-corrected chi connectivity index (χ1v) is 9.87. The SMILES string of the molecule is Cc1cnc(NC2CCC(NC(=O)c3ccc(F)c(Cl)c3)CC2)cc1N(C)C. The lowest BCUT2D eigenvalue weighted by molar-refractivity contribution is 0.0926. The fourth-order valence-corrected chi connectivity index (χ4v) is 3.75. The van der Waals surface area contributed by atoms with E-state index in [0.29, 0.717) is 11.6 Å². The Kier molecular flexibility index (Phi) is 6.39. The zero-order valence-electron chi connectivity index (χ0n) is 16.4. The van der Waals surface area contributed by atoms with Crippen molar-refractivity contribution in [3.8, 4) is 0 Å². The van der Waals surface area contributed by atoms with Crippen molar-refractivity contribution in [3.05, 3.63) is 52.4 Å². The van der Waals surface area contributed by atoms with E-state index in [0.717, 1.165) is 42.8 Å². The van der Waals surface area contributed by atoms with Gasteiger partial charge in [-0.2, -0.15) is 0 Å². The van der Waals surface area contributed by atoms with Gasteiger partial charge < -0.3 is 15.5 Å². The highest BCUT2D eigenvalue weighted by Gasteiger charge is 2.23. The Hall–Kier alpha value is -2.34. The third-order valence-corrected chi connectivity index (χ3v) is 5.44. The molecule has 0 atom stereocenters. The standard InChI is InChI=1S/C21H26ClFN4O/c1-13-12-24-20(11-19(13)27(2)3)25-15-5-7-16(8-6-15)26-21(28)14-4-9-18(23)17(22)10-14/h4,9-12,15-16H,5-8H2,1-3H3,(H,24,25)(H,26,28). The Morgan fingerprint density at radius 2 is 1.86 bits per heavy atom. The van der Waals surface area contributed by atoms with E-state index in [-0.39, 0.29) is 17.0 Å². The van der Waals surface area contributed by atoms with Crippen LogP contribution in [0.4, 0.5) is 15.9 Å². The molecule has 1 aromatic carbocycles. The Morgan fingerprint density at radius 1 is 1.18 bits per heavy atom. The first-order valence-electron chi connectivity index (χ1n) is 9.50. The number of carbonyl (C=O) groups is 1. The molecular formula is C21H26ClFN4O. The van der Waals surface area contributed by atoms with Crippen LogP contribution < -0.4 is 15.5 Å². The van der Waals surface area contributed by atoms with Gasteiger partial charge in [-0.1, -0.05) is 11.6 Å². The van der Waals surface area contributed by atoms with Crippen LogP contribution in [0.3, 0.4) is 0 Å². The molecule has 0 spiro atoms. The molecule has 0 aliphatic heterocycles. The zero-order chi connectivity index (χ0) is 20.3. The third-order valence-electron chi connectivity index (χ3n) is 5.15. The molecule has 2 N–H and O–H groups in total. The molecule has 0 unspecified atom stereocenters. The second-order valence-corrected chi connectivity index (χ2v) is 7.95. The molecule has 0 radical (unpaired) electrons. The fraction of sp³-hybridized carbons (Fsp3) is 0.429. The molecule has 0 bridgehead atoms. The van der Waals surface area contributed by atoms with Crippen LogP contribution in [0.5, 0.6) is 0 Å². The molecule has 2 aromatic rings. The van der Waals surface area contributed by atoms with Gasteiger partial charge in [0.05, 0.1) is 5.02 Å². The van der Waals surface area contributed by atoms with Gasteiger partial charge in [-0.05, 0) is 56.4 Å². The number of hydrogen-bond acceptors (Lipinski definition) is 4. The summed E-state index contributed by atoms with van der Waals surface area (Å²) in [7, 11) is 4.04. The number of anilines is 2. The van der Waals surface area contributed by atoms with E-state index in [1.165, 1.54) is 18.2 Å². The summed E-state index contributed by atoms with van der Waals surface area (Å²) in [5, 5.41) is 6.50. The highest BCUT2D eigenvalue weighted by molar-refractivity contribution is 6.31. The molecule has 1 amide bonds. The van der Waals surface area contributed by atoms with Gasteiger partial charge in [-0.15, -0.1) is 0 Å². The number of halogens is 2. The van der Waals surface area contributed by atoms with Crippen LogP contribution in [0.15, 0.2) is 30.5 Å². The minimum Gasteiger partial charge on any atom is -0.377 e. The van der Waals surface area contributed by atoms with Crippen molar-refractivity contribution in [2.45, 2.75) is 44.7 Å². The van der Waals surface area contributed by atoms with Gasteiger partial charge in [-0.3, -0.25) is 4.79 Å². The first kappa shape index (κ1) is 20.4. The molecular weight excluding hydrogens is 379 g/mol.